The van der Waals surface area contributed by atoms with Crippen molar-refractivity contribution in [2.24, 2.45) is 5.73 Å². The second-order valence-corrected chi connectivity index (χ2v) is 4.99. The summed E-state index contributed by atoms with van der Waals surface area (Å²) < 4.78 is 18.9. The van der Waals surface area contributed by atoms with Gasteiger partial charge in [0.1, 0.15) is 23.2 Å². The van der Waals surface area contributed by atoms with Crippen molar-refractivity contribution in [1.82, 2.24) is 0 Å². The van der Waals surface area contributed by atoms with Crippen LogP contribution in [-0.4, -0.2) is 5.84 Å². The molecule has 0 saturated heterocycles. The molecule has 0 spiro atoms. The molecule has 0 atom stereocenters. The fourth-order valence-corrected chi connectivity index (χ4v) is 2.08. The zero-order valence-electron chi connectivity index (χ0n) is 9.58. The van der Waals surface area contributed by atoms with Crippen LogP contribution in [0.1, 0.15) is 5.56 Å². The third kappa shape index (κ3) is 3.24. The number of rotatable bonds is 3. The molecule has 2 aromatic carbocycles. The molecule has 98 valence electrons. The fourth-order valence-electron chi connectivity index (χ4n) is 1.45. The molecule has 0 amide bonds. The molecule has 2 aromatic rings. The largest absolute Gasteiger partial charge is 0.457 e. The van der Waals surface area contributed by atoms with E-state index < -0.39 is 0 Å². The van der Waals surface area contributed by atoms with Gasteiger partial charge in [0.15, 0.2) is 0 Å². The summed E-state index contributed by atoms with van der Waals surface area (Å²) in [6, 6.07) is 9.11. The predicted octanol–water partition coefficient (Wildman–Crippen LogP) is 4.32. The average molecular weight is 344 g/mol. The van der Waals surface area contributed by atoms with Gasteiger partial charge in [-0.2, -0.15) is 0 Å². The SMILES string of the molecule is N=C(N)c1ccc(Oc2ccc(F)c(Br)c2)cc1Cl. The van der Waals surface area contributed by atoms with Gasteiger partial charge in [0.25, 0.3) is 0 Å². The highest BCUT2D eigenvalue weighted by Gasteiger charge is 2.07. The first-order valence-electron chi connectivity index (χ1n) is 5.24. The Morgan fingerprint density at radius 1 is 1.21 bits per heavy atom. The Kier molecular flexibility index (Phi) is 4.07. The van der Waals surface area contributed by atoms with E-state index in [-0.39, 0.29) is 11.7 Å². The second-order valence-electron chi connectivity index (χ2n) is 3.73. The Morgan fingerprint density at radius 3 is 2.42 bits per heavy atom. The van der Waals surface area contributed by atoms with E-state index in [1.165, 1.54) is 18.2 Å². The topological polar surface area (TPSA) is 59.1 Å². The van der Waals surface area contributed by atoms with Crippen LogP contribution in [-0.2, 0) is 0 Å². The van der Waals surface area contributed by atoms with Gasteiger partial charge in [0.2, 0.25) is 0 Å². The van der Waals surface area contributed by atoms with E-state index in [0.717, 1.165) is 0 Å². The molecule has 0 aliphatic carbocycles. The lowest BCUT2D eigenvalue weighted by Crippen LogP contribution is -2.11. The molecule has 2 rings (SSSR count). The number of hydrogen-bond acceptors (Lipinski definition) is 2. The number of nitrogens with one attached hydrogen (secondary N) is 1. The van der Waals surface area contributed by atoms with Crippen LogP contribution in [0.4, 0.5) is 4.39 Å². The molecule has 0 bridgehead atoms. The number of amidine groups is 1. The number of nitrogens with two attached hydrogens (primary N) is 1. The lowest BCUT2D eigenvalue weighted by molar-refractivity contribution is 0.480. The molecule has 0 heterocycles. The van der Waals surface area contributed by atoms with Gasteiger partial charge in [-0.05, 0) is 46.3 Å². The zero-order valence-corrected chi connectivity index (χ0v) is 11.9. The van der Waals surface area contributed by atoms with Gasteiger partial charge in [0.05, 0.1) is 9.50 Å². The lowest BCUT2D eigenvalue weighted by atomic mass is 10.2. The van der Waals surface area contributed by atoms with Crippen molar-refractivity contribution in [2.75, 3.05) is 0 Å². The average Bonchev–Trinajstić information content (AvgIpc) is 2.33. The van der Waals surface area contributed by atoms with Gasteiger partial charge < -0.3 is 10.5 Å². The molecule has 6 heteroatoms. The highest BCUT2D eigenvalue weighted by atomic mass is 79.9. The molecule has 0 unspecified atom stereocenters. The summed E-state index contributed by atoms with van der Waals surface area (Å²) in [4.78, 5) is 0. The monoisotopic (exact) mass is 342 g/mol. The van der Waals surface area contributed by atoms with Gasteiger partial charge in [-0.15, -0.1) is 0 Å². The summed E-state index contributed by atoms with van der Waals surface area (Å²) in [5.41, 5.74) is 5.80. The van der Waals surface area contributed by atoms with Crippen molar-refractivity contribution in [3.8, 4) is 11.5 Å². The van der Waals surface area contributed by atoms with Crippen molar-refractivity contribution < 1.29 is 9.13 Å². The van der Waals surface area contributed by atoms with E-state index in [1.54, 1.807) is 18.2 Å². The minimum atomic E-state index is -0.364. The highest BCUT2D eigenvalue weighted by molar-refractivity contribution is 9.10. The Bertz CT molecular complexity index is 649. The van der Waals surface area contributed by atoms with Crippen molar-refractivity contribution in [3.63, 3.8) is 0 Å². The van der Waals surface area contributed by atoms with E-state index in [0.29, 0.717) is 26.6 Å². The third-order valence-corrected chi connectivity index (χ3v) is 3.28. The van der Waals surface area contributed by atoms with E-state index in [2.05, 4.69) is 15.9 Å². The normalized spacial score (nSPS) is 10.3. The van der Waals surface area contributed by atoms with E-state index in [4.69, 9.17) is 27.5 Å². The Hall–Kier alpha value is -1.59. The van der Waals surface area contributed by atoms with E-state index in [9.17, 15) is 4.39 Å². The van der Waals surface area contributed by atoms with Crippen LogP contribution in [0.3, 0.4) is 0 Å². The molecular formula is C13H9BrClFN2O. The molecule has 19 heavy (non-hydrogen) atoms. The molecule has 0 saturated carbocycles. The van der Waals surface area contributed by atoms with Gasteiger partial charge in [-0.1, -0.05) is 11.6 Å². The summed E-state index contributed by atoms with van der Waals surface area (Å²) in [5.74, 6) is 0.479. The predicted molar refractivity (Wildman–Crippen MR) is 76.6 cm³/mol. The van der Waals surface area contributed by atoms with Gasteiger partial charge in [-0.3, -0.25) is 5.41 Å². The molecular weight excluding hydrogens is 335 g/mol. The Labute approximate surface area is 122 Å². The first kappa shape index (κ1) is 13.8. The summed E-state index contributed by atoms with van der Waals surface area (Å²) in [7, 11) is 0. The van der Waals surface area contributed by atoms with E-state index in [1.807, 2.05) is 0 Å². The van der Waals surface area contributed by atoms with Gasteiger partial charge in [0, 0.05) is 11.6 Å². The number of halogens is 3. The number of nitrogen functional groups attached to an aromatic ring is 1. The molecule has 0 radical (unpaired) electrons. The third-order valence-electron chi connectivity index (χ3n) is 2.36. The molecule has 0 fully saturated rings. The summed E-state index contributed by atoms with van der Waals surface area (Å²) >= 11 is 9.06. The maximum atomic E-state index is 13.1. The summed E-state index contributed by atoms with van der Waals surface area (Å²) in [6.07, 6.45) is 0. The number of hydrogen-bond donors (Lipinski definition) is 2. The molecule has 0 aliphatic heterocycles. The van der Waals surface area contributed by atoms with Crippen LogP contribution in [0.15, 0.2) is 40.9 Å². The molecule has 0 aromatic heterocycles. The van der Waals surface area contributed by atoms with Crippen molar-refractivity contribution in [1.29, 1.82) is 5.41 Å². The fraction of sp³-hybridized carbons (Fsp3) is 0. The van der Waals surface area contributed by atoms with Crippen LogP contribution in [0.25, 0.3) is 0 Å². The van der Waals surface area contributed by atoms with Gasteiger partial charge in [-0.25, -0.2) is 4.39 Å². The summed E-state index contributed by atoms with van der Waals surface area (Å²) in [5, 5.41) is 7.65. The smallest absolute Gasteiger partial charge is 0.137 e. The van der Waals surface area contributed by atoms with E-state index >= 15 is 0 Å². The number of benzene rings is 2. The van der Waals surface area contributed by atoms with Crippen molar-refractivity contribution in [2.45, 2.75) is 0 Å². The number of ether oxygens (including phenoxy) is 1. The first-order valence-corrected chi connectivity index (χ1v) is 6.41. The minimum Gasteiger partial charge on any atom is -0.457 e. The second kappa shape index (κ2) is 5.59. The van der Waals surface area contributed by atoms with Crippen LogP contribution in [0.5, 0.6) is 11.5 Å². The van der Waals surface area contributed by atoms with Crippen LogP contribution in [0, 0.1) is 11.2 Å². The van der Waals surface area contributed by atoms with Crippen molar-refractivity contribution in [3.05, 3.63) is 57.3 Å². The molecule has 3 N–H and O–H groups in total. The standard InChI is InChI=1S/C13H9BrClFN2O/c14-10-5-7(2-4-12(10)16)19-8-1-3-9(13(17)18)11(15)6-8/h1-6H,(H3,17,18). The van der Waals surface area contributed by atoms with Crippen LogP contribution < -0.4 is 10.5 Å². The zero-order chi connectivity index (χ0) is 14.0. The van der Waals surface area contributed by atoms with Crippen molar-refractivity contribution >= 4 is 33.4 Å². The van der Waals surface area contributed by atoms with Crippen LogP contribution in [0.2, 0.25) is 5.02 Å². The highest BCUT2D eigenvalue weighted by Crippen LogP contribution is 2.29. The van der Waals surface area contributed by atoms with Gasteiger partial charge >= 0.3 is 0 Å². The minimum absolute atomic E-state index is 0.110. The maximum Gasteiger partial charge on any atom is 0.137 e. The molecule has 3 nitrogen and oxygen atoms in total. The first-order chi connectivity index (χ1) is 8.97. The quantitative estimate of drug-likeness (QED) is 0.644. The molecule has 0 aliphatic rings. The Balaban J connectivity index is 2.26. The summed E-state index contributed by atoms with van der Waals surface area (Å²) in [6.45, 7) is 0. The Morgan fingerprint density at radius 2 is 1.84 bits per heavy atom. The van der Waals surface area contributed by atoms with Crippen LogP contribution >= 0.6 is 27.5 Å². The lowest BCUT2D eigenvalue weighted by Gasteiger charge is -2.08. The maximum absolute atomic E-state index is 13.1.